The molecule has 0 aromatic heterocycles. The second-order valence-electron chi connectivity index (χ2n) is 1.59. The van der Waals surface area contributed by atoms with Crippen LogP contribution in [0, 0.1) is 10.1 Å². The smallest absolute Gasteiger partial charge is 0.349 e. The predicted molar refractivity (Wildman–Crippen MR) is 42.7 cm³/mol. The fraction of sp³-hybridized carbons (Fsp3) is 0.500. The van der Waals surface area contributed by atoms with Gasteiger partial charge in [-0.25, -0.2) is 0 Å². The Bertz CT molecular complexity index is 177. The van der Waals surface area contributed by atoms with E-state index in [0.29, 0.717) is 0 Å². The van der Waals surface area contributed by atoms with Gasteiger partial charge in [0, 0.05) is 6.92 Å². The summed E-state index contributed by atoms with van der Waals surface area (Å²) in [5.74, 6) is 0. The molecule has 0 bridgehead atoms. The molecule has 0 aliphatic heterocycles. The van der Waals surface area contributed by atoms with Crippen molar-refractivity contribution >= 4 is 23.8 Å². The fourth-order valence-corrected chi connectivity index (χ4v) is 0.974. The first-order valence-electron chi connectivity index (χ1n) is 2.34. The molecule has 0 amide bonds. The van der Waals surface area contributed by atoms with Gasteiger partial charge in [0.1, 0.15) is 6.26 Å². The molecule has 0 spiro atoms. The van der Waals surface area contributed by atoms with Crippen LogP contribution in [-0.2, 0) is 11.2 Å². The minimum atomic E-state index is -1.30. The highest BCUT2D eigenvalue weighted by molar-refractivity contribution is 7.95. The first kappa shape index (κ1) is 9.80. The molecule has 0 fully saturated rings. The van der Waals surface area contributed by atoms with E-state index in [2.05, 4.69) is 12.6 Å². The van der Waals surface area contributed by atoms with Gasteiger partial charge in [-0.05, 0) is 11.2 Å². The fourth-order valence-electron chi connectivity index (χ4n) is 0.257. The van der Waals surface area contributed by atoms with Crippen LogP contribution in [0.15, 0.2) is 9.93 Å². The number of allylic oxidation sites excluding steroid dienone is 1. The molecule has 0 aromatic carbocycles. The summed E-state index contributed by atoms with van der Waals surface area (Å²) in [6.45, 7) is 1.42. The highest BCUT2D eigenvalue weighted by Gasteiger charge is 2.17. The minimum Gasteiger partial charge on any atom is -0.612 e. The lowest BCUT2D eigenvalue weighted by Crippen LogP contribution is -2.04. The van der Waals surface area contributed by atoms with Crippen LogP contribution >= 0.6 is 12.6 Å². The topological polar surface area (TPSA) is 66.2 Å². The van der Waals surface area contributed by atoms with Crippen molar-refractivity contribution in [2.24, 2.45) is 0 Å². The summed E-state index contributed by atoms with van der Waals surface area (Å²) in [5, 5.41) is 9.65. The number of thiol groups is 1. The molecule has 1 atom stereocenters. The summed E-state index contributed by atoms with van der Waals surface area (Å²) in [4.78, 5) is 9.50. The Morgan fingerprint density at radius 3 is 2.20 bits per heavy atom. The van der Waals surface area contributed by atoms with Crippen LogP contribution in [0.5, 0.6) is 0 Å². The maximum Gasteiger partial charge on any atom is 0.349 e. The minimum absolute atomic E-state index is 0.188. The number of nitrogens with zero attached hydrogens (tertiary/aromatic N) is 1. The Balaban J connectivity index is 4.50. The van der Waals surface area contributed by atoms with Gasteiger partial charge in [-0.15, -0.1) is 0 Å². The lowest BCUT2D eigenvalue weighted by Gasteiger charge is -2.01. The molecule has 0 saturated heterocycles. The molecule has 1 unspecified atom stereocenters. The molecule has 0 saturated carbocycles. The van der Waals surface area contributed by atoms with Crippen LogP contribution in [0.1, 0.15) is 6.92 Å². The average Bonchev–Trinajstić information content (AvgIpc) is 1.84. The molecular formula is C4H7NO3S2. The highest BCUT2D eigenvalue weighted by atomic mass is 32.2. The standard InChI is InChI=1S/C4H7NO3S2/c1-3(10(2)8)4(9)5(6)7/h9H,1-2H3. The van der Waals surface area contributed by atoms with E-state index in [1.165, 1.54) is 13.2 Å². The van der Waals surface area contributed by atoms with Crippen LogP contribution < -0.4 is 0 Å². The van der Waals surface area contributed by atoms with E-state index in [1.54, 1.807) is 0 Å². The first-order chi connectivity index (χ1) is 4.46. The molecule has 0 aromatic rings. The third-order valence-electron chi connectivity index (χ3n) is 0.919. The zero-order chi connectivity index (χ0) is 8.31. The summed E-state index contributed by atoms with van der Waals surface area (Å²) in [5.41, 5.74) is 0. The third kappa shape index (κ3) is 2.59. The maximum atomic E-state index is 10.6. The molecule has 0 N–H and O–H groups in total. The number of hydrogen-bond donors (Lipinski definition) is 1. The molecule has 10 heavy (non-hydrogen) atoms. The number of rotatable bonds is 2. The lowest BCUT2D eigenvalue weighted by molar-refractivity contribution is -0.410. The van der Waals surface area contributed by atoms with Crippen molar-refractivity contribution in [3.05, 3.63) is 20.0 Å². The summed E-state index contributed by atoms with van der Waals surface area (Å²) in [6.07, 6.45) is 1.37. The highest BCUT2D eigenvalue weighted by Crippen LogP contribution is 2.13. The molecule has 0 radical (unpaired) electrons. The SMILES string of the molecule is CC(=C(S)[N+](=O)[O-])[S+](C)[O-]. The van der Waals surface area contributed by atoms with E-state index in [-0.39, 0.29) is 9.93 Å². The van der Waals surface area contributed by atoms with Gasteiger partial charge in [0.15, 0.2) is 0 Å². The van der Waals surface area contributed by atoms with E-state index >= 15 is 0 Å². The number of hydrogen-bond acceptors (Lipinski definition) is 4. The van der Waals surface area contributed by atoms with Crippen LogP contribution in [0.3, 0.4) is 0 Å². The summed E-state index contributed by atoms with van der Waals surface area (Å²) in [7, 11) is 0. The Kier molecular flexibility index (Phi) is 3.77. The summed E-state index contributed by atoms with van der Waals surface area (Å²) < 4.78 is 10.6. The van der Waals surface area contributed by atoms with E-state index in [4.69, 9.17) is 0 Å². The zero-order valence-electron chi connectivity index (χ0n) is 5.53. The first-order valence-corrected chi connectivity index (χ1v) is 4.35. The van der Waals surface area contributed by atoms with Crippen LogP contribution in [0.25, 0.3) is 0 Å². The molecule has 0 aliphatic carbocycles. The van der Waals surface area contributed by atoms with Crippen molar-refractivity contribution < 1.29 is 9.48 Å². The molecule has 58 valence electrons. The molecule has 0 aliphatic rings. The second-order valence-corrected chi connectivity index (χ2v) is 3.54. The van der Waals surface area contributed by atoms with Crippen molar-refractivity contribution in [1.82, 2.24) is 0 Å². The normalized spacial score (nSPS) is 16.0. The van der Waals surface area contributed by atoms with Crippen molar-refractivity contribution in [2.75, 3.05) is 6.26 Å². The Morgan fingerprint density at radius 1 is 1.70 bits per heavy atom. The van der Waals surface area contributed by atoms with Gasteiger partial charge in [0.25, 0.3) is 0 Å². The Morgan fingerprint density at radius 2 is 2.10 bits per heavy atom. The van der Waals surface area contributed by atoms with Gasteiger partial charge in [0.05, 0.1) is 4.92 Å². The predicted octanol–water partition coefficient (Wildman–Crippen LogP) is 0.760. The quantitative estimate of drug-likeness (QED) is 0.296. The van der Waals surface area contributed by atoms with Gasteiger partial charge in [-0.1, -0.05) is 12.6 Å². The second kappa shape index (κ2) is 3.85. The van der Waals surface area contributed by atoms with E-state index in [1.807, 2.05) is 0 Å². The third-order valence-corrected chi connectivity index (χ3v) is 2.62. The van der Waals surface area contributed by atoms with Gasteiger partial charge in [-0.3, -0.25) is 10.1 Å². The molecule has 0 rings (SSSR count). The lowest BCUT2D eigenvalue weighted by atomic mass is 10.7. The van der Waals surface area contributed by atoms with Gasteiger partial charge < -0.3 is 4.55 Å². The van der Waals surface area contributed by atoms with Crippen molar-refractivity contribution in [1.29, 1.82) is 0 Å². The van der Waals surface area contributed by atoms with Gasteiger partial charge in [-0.2, -0.15) is 0 Å². The van der Waals surface area contributed by atoms with Crippen molar-refractivity contribution in [2.45, 2.75) is 6.92 Å². The maximum absolute atomic E-state index is 10.6. The van der Waals surface area contributed by atoms with Gasteiger partial charge >= 0.3 is 5.03 Å². The van der Waals surface area contributed by atoms with Gasteiger partial charge in [0.2, 0.25) is 4.91 Å². The van der Waals surface area contributed by atoms with Crippen LogP contribution in [-0.4, -0.2) is 15.7 Å². The summed E-state index contributed by atoms with van der Waals surface area (Å²) >= 11 is 2.25. The zero-order valence-corrected chi connectivity index (χ0v) is 7.24. The molecule has 0 heterocycles. The van der Waals surface area contributed by atoms with Crippen molar-refractivity contribution in [3.63, 3.8) is 0 Å². The van der Waals surface area contributed by atoms with E-state index in [0.717, 1.165) is 0 Å². The van der Waals surface area contributed by atoms with Crippen molar-refractivity contribution in [3.8, 4) is 0 Å². The Labute approximate surface area is 67.0 Å². The monoisotopic (exact) mass is 181 g/mol. The van der Waals surface area contributed by atoms with E-state index < -0.39 is 16.1 Å². The van der Waals surface area contributed by atoms with Crippen LogP contribution in [0.4, 0.5) is 0 Å². The molecule has 6 heteroatoms. The molecule has 4 nitrogen and oxygen atoms in total. The largest absolute Gasteiger partial charge is 0.612 e. The Hall–Kier alpha value is -0.200. The summed E-state index contributed by atoms with van der Waals surface area (Å²) in [6, 6.07) is 0. The van der Waals surface area contributed by atoms with E-state index in [9.17, 15) is 14.7 Å². The van der Waals surface area contributed by atoms with Crippen LogP contribution in [0.2, 0.25) is 0 Å². The number of nitro groups is 1. The molecular weight excluding hydrogens is 174 g/mol. The average molecular weight is 181 g/mol.